The highest BCUT2D eigenvalue weighted by Crippen LogP contribution is 2.42. The normalized spacial score (nSPS) is 20.9. The molecule has 6 rings (SSSR count). The van der Waals surface area contributed by atoms with Crippen molar-refractivity contribution in [3.8, 4) is 0 Å². The Labute approximate surface area is 314 Å². The second kappa shape index (κ2) is 19.8. The number of rotatable bonds is 9. The van der Waals surface area contributed by atoms with E-state index in [9.17, 15) is 18.7 Å². The molecule has 1 N–H and O–H groups in total. The Morgan fingerprint density at radius 1 is 0.780 bits per heavy atom. The van der Waals surface area contributed by atoms with Crippen LogP contribution in [-0.4, -0.2) is 11.4 Å². The van der Waals surface area contributed by atoms with Gasteiger partial charge in [0.15, 0.2) is 0 Å². The van der Waals surface area contributed by atoms with Crippen LogP contribution in [0.1, 0.15) is 103 Å². The molecule has 2 fully saturated rings. The van der Waals surface area contributed by atoms with E-state index in [-0.39, 0.29) is 17.6 Å². The Morgan fingerprint density at radius 2 is 1.28 bits per heavy atom. The lowest BCUT2D eigenvalue weighted by Gasteiger charge is -2.32. The molecule has 6 heteroatoms. The van der Waals surface area contributed by atoms with Crippen molar-refractivity contribution in [3.05, 3.63) is 117 Å². The molecule has 2 nitrogen and oxygen atoms in total. The van der Waals surface area contributed by atoms with E-state index in [0.29, 0.717) is 16.0 Å². The summed E-state index contributed by atoms with van der Waals surface area (Å²) in [5, 5.41) is 14.6. The lowest BCUT2D eigenvalue weighted by atomic mass is 9.75. The number of aldehydes is 1. The van der Waals surface area contributed by atoms with Crippen LogP contribution in [0.3, 0.4) is 0 Å². The molecule has 268 valence electrons. The maximum absolute atomic E-state index is 14.7. The van der Waals surface area contributed by atoms with Crippen molar-refractivity contribution in [2.45, 2.75) is 97.0 Å². The van der Waals surface area contributed by atoms with E-state index in [1.54, 1.807) is 0 Å². The smallest absolute Gasteiger partial charge is 0.145 e. The maximum atomic E-state index is 14.7. The molecule has 1 atom stereocenters. The summed E-state index contributed by atoms with van der Waals surface area (Å²) >= 11 is 6.82. The molecule has 0 radical (unpaired) electrons. The van der Waals surface area contributed by atoms with Crippen molar-refractivity contribution >= 4 is 59.7 Å². The number of carbonyl (C=O) groups excluding carboxylic acids is 1. The first kappa shape index (κ1) is 40.1. The highest BCUT2D eigenvalue weighted by Gasteiger charge is 2.29. The lowest BCUT2D eigenvalue weighted by molar-refractivity contribution is -0.105. The lowest BCUT2D eigenvalue weighted by Crippen LogP contribution is -2.19. The summed E-state index contributed by atoms with van der Waals surface area (Å²) < 4.78 is 29.0. The van der Waals surface area contributed by atoms with E-state index < -0.39 is 6.10 Å². The topological polar surface area (TPSA) is 37.3 Å². The number of fused-ring (bicyclic) bond motifs is 2. The number of aliphatic hydroxyl groups is 1. The van der Waals surface area contributed by atoms with Gasteiger partial charge < -0.3 is 5.11 Å². The summed E-state index contributed by atoms with van der Waals surface area (Å²) in [6.07, 6.45) is 14.6. The molecule has 0 saturated heterocycles. The Bertz CT molecular complexity index is 1740. The van der Waals surface area contributed by atoms with Gasteiger partial charge in [-0.1, -0.05) is 117 Å². The van der Waals surface area contributed by atoms with Crippen LogP contribution in [0.4, 0.5) is 8.78 Å². The first-order valence-corrected chi connectivity index (χ1v) is 19.9. The van der Waals surface area contributed by atoms with Crippen molar-refractivity contribution in [1.82, 2.24) is 0 Å². The molecule has 0 amide bonds. The van der Waals surface area contributed by atoms with Gasteiger partial charge in [0, 0.05) is 14.5 Å². The van der Waals surface area contributed by atoms with Crippen LogP contribution >= 0.6 is 31.9 Å². The SMILES string of the molecule is C=C(C1CCC(CCC)CC1)C(O)c1c(F)cc2ccccc2c1Br.C=C(C=O)C1CCC(CCC)CC1.Fc1cc(Br)c2ccccc2c1. The number of carbonyl (C=O) groups is 1. The van der Waals surface area contributed by atoms with Gasteiger partial charge in [-0.15, -0.1) is 0 Å². The van der Waals surface area contributed by atoms with E-state index in [4.69, 9.17) is 0 Å². The Kier molecular flexibility index (Phi) is 15.9. The first-order chi connectivity index (χ1) is 24.1. The zero-order valence-electron chi connectivity index (χ0n) is 29.6. The molecule has 1 unspecified atom stereocenters. The fraction of sp³-hybridized carbons (Fsp3) is 0.432. The average Bonchev–Trinajstić information content (AvgIpc) is 3.12. The minimum Gasteiger partial charge on any atom is -0.384 e. The zero-order valence-corrected chi connectivity index (χ0v) is 32.8. The van der Waals surface area contributed by atoms with Gasteiger partial charge >= 0.3 is 0 Å². The van der Waals surface area contributed by atoms with Gasteiger partial charge in [0.05, 0.1) is 0 Å². The van der Waals surface area contributed by atoms with Crippen molar-refractivity contribution in [2.24, 2.45) is 23.7 Å². The van der Waals surface area contributed by atoms with Crippen molar-refractivity contribution in [3.63, 3.8) is 0 Å². The van der Waals surface area contributed by atoms with Crippen LogP contribution in [0, 0.1) is 35.3 Å². The summed E-state index contributed by atoms with van der Waals surface area (Å²) in [5.41, 5.74) is 1.89. The van der Waals surface area contributed by atoms with Crippen molar-refractivity contribution in [2.75, 3.05) is 0 Å². The predicted molar refractivity (Wildman–Crippen MR) is 213 cm³/mol. The van der Waals surface area contributed by atoms with Crippen LogP contribution in [-0.2, 0) is 4.79 Å². The average molecular weight is 811 g/mol. The number of hydrogen-bond donors (Lipinski definition) is 1. The molecule has 0 heterocycles. The van der Waals surface area contributed by atoms with Gasteiger partial charge in [0.2, 0.25) is 0 Å². The molecule has 50 heavy (non-hydrogen) atoms. The standard InChI is InChI=1S/C22H26BrFO.C12H20O.C10H6BrF/c1-3-6-15-9-11-16(12-10-15)14(2)22(25)20-19(24)13-17-7-4-5-8-18(17)21(20)23;1-3-4-11-5-7-12(8-6-11)10(2)9-13;11-10-6-8(12)5-7-3-1-2-4-9(7)10/h4-5,7-8,13,15-16,22,25H,2-3,6,9-12H2,1H3;9,11-12H,2-8H2,1H3;1-6H. The quantitative estimate of drug-likeness (QED) is 0.104. The highest BCUT2D eigenvalue weighted by molar-refractivity contribution is 9.11. The van der Waals surface area contributed by atoms with Gasteiger partial charge in [-0.05, 0) is 142 Å². The van der Waals surface area contributed by atoms with Crippen LogP contribution in [0.25, 0.3) is 21.5 Å². The van der Waals surface area contributed by atoms with Crippen LogP contribution in [0.5, 0.6) is 0 Å². The largest absolute Gasteiger partial charge is 0.384 e. The molecular weight excluding hydrogens is 758 g/mol. The van der Waals surface area contributed by atoms with Crippen LogP contribution < -0.4 is 0 Å². The third kappa shape index (κ3) is 10.7. The Hall–Kier alpha value is -2.67. The first-order valence-electron chi connectivity index (χ1n) is 18.3. The van der Waals surface area contributed by atoms with Crippen LogP contribution in [0.15, 0.2) is 100.0 Å². The molecule has 0 aromatic heterocycles. The van der Waals surface area contributed by atoms with E-state index in [1.165, 1.54) is 82.4 Å². The van der Waals surface area contributed by atoms with E-state index in [1.807, 2.05) is 48.5 Å². The summed E-state index contributed by atoms with van der Waals surface area (Å²) in [6.45, 7) is 12.4. The second-order valence-corrected chi connectivity index (χ2v) is 15.7. The molecule has 4 aromatic carbocycles. The van der Waals surface area contributed by atoms with E-state index in [0.717, 1.165) is 68.1 Å². The fourth-order valence-electron chi connectivity index (χ4n) is 7.73. The van der Waals surface area contributed by atoms with E-state index in [2.05, 4.69) is 58.9 Å². The third-order valence-corrected chi connectivity index (χ3v) is 12.2. The third-order valence-electron chi connectivity index (χ3n) is 10.7. The van der Waals surface area contributed by atoms with Crippen LogP contribution in [0.2, 0.25) is 0 Å². The molecule has 2 saturated carbocycles. The molecule has 0 aliphatic heterocycles. The monoisotopic (exact) mass is 808 g/mol. The molecule has 0 spiro atoms. The number of hydrogen-bond acceptors (Lipinski definition) is 2. The Balaban J connectivity index is 0.000000188. The Morgan fingerprint density at radius 3 is 1.82 bits per heavy atom. The minimum atomic E-state index is -0.966. The molecule has 2 aliphatic carbocycles. The molecule has 2 aliphatic rings. The van der Waals surface area contributed by atoms with E-state index >= 15 is 0 Å². The summed E-state index contributed by atoms with van der Waals surface area (Å²) in [4.78, 5) is 10.5. The zero-order chi connectivity index (χ0) is 36.2. The minimum absolute atomic E-state index is 0.208. The fourth-order valence-corrected chi connectivity index (χ4v) is 9.08. The predicted octanol–water partition coefficient (Wildman–Crippen LogP) is 14.0. The van der Waals surface area contributed by atoms with Gasteiger partial charge in [0.25, 0.3) is 0 Å². The number of allylic oxidation sites excluding steroid dienone is 1. The summed E-state index contributed by atoms with van der Waals surface area (Å²) in [5.74, 6) is 1.90. The van der Waals surface area contributed by atoms with Gasteiger partial charge in [-0.2, -0.15) is 0 Å². The molecule has 0 bridgehead atoms. The van der Waals surface area contributed by atoms with Gasteiger partial charge in [-0.25, -0.2) is 8.78 Å². The number of aliphatic hydroxyl groups excluding tert-OH is 1. The van der Waals surface area contributed by atoms with Gasteiger partial charge in [-0.3, -0.25) is 4.79 Å². The number of halogens is 4. The van der Waals surface area contributed by atoms with Gasteiger partial charge in [0.1, 0.15) is 24.0 Å². The van der Waals surface area contributed by atoms with Crippen molar-refractivity contribution < 1.29 is 18.7 Å². The molecule has 4 aromatic rings. The summed E-state index contributed by atoms with van der Waals surface area (Å²) in [7, 11) is 0. The highest BCUT2D eigenvalue weighted by atomic mass is 79.9. The van der Waals surface area contributed by atoms with Crippen molar-refractivity contribution in [1.29, 1.82) is 0 Å². The molecular formula is C44H52Br2F2O2. The second-order valence-electron chi connectivity index (χ2n) is 14.1. The maximum Gasteiger partial charge on any atom is 0.145 e. The number of benzene rings is 4. The summed E-state index contributed by atoms with van der Waals surface area (Å²) in [6, 6.07) is 19.8.